The zero-order valence-electron chi connectivity index (χ0n) is 12.4. The fourth-order valence-electron chi connectivity index (χ4n) is 1.24. The molecule has 9 heteroatoms. The first-order valence-electron chi connectivity index (χ1n) is 6.38. The van der Waals surface area contributed by atoms with Gasteiger partial charge in [-0.05, 0) is 19.1 Å². The molecule has 0 heterocycles. The number of thioether (sulfide) groups is 1. The number of unbranched alkanes of at least 4 members (excludes halogenated alkanes) is 2. The van der Waals surface area contributed by atoms with Crippen LogP contribution in [0.5, 0.6) is 0 Å². The molecule has 8 nitrogen and oxygen atoms in total. The SMILES string of the molecule is CS/C(=N\OC(=O)NCCCCCC(=O)O)C(=O)N(C)C. The Kier molecular flexibility index (Phi) is 10.0. The maximum Gasteiger partial charge on any atom is 0.433 e. The Bertz CT molecular complexity index is 398. The molecule has 0 aliphatic carbocycles. The van der Waals surface area contributed by atoms with Gasteiger partial charge in [-0.25, -0.2) is 4.79 Å². The van der Waals surface area contributed by atoms with Crippen molar-refractivity contribution in [1.82, 2.24) is 10.2 Å². The molecule has 0 spiro atoms. The average Bonchev–Trinajstić information content (AvgIpc) is 2.42. The van der Waals surface area contributed by atoms with E-state index < -0.39 is 12.1 Å². The summed E-state index contributed by atoms with van der Waals surface area (Å²) in [7, 11) is 3.15. The summed E-state index contributed by atoms with van der Waals surface area (Å²) in [6.45, 7) is 0.365. The van der Waals surface area contributed by atoms with Crippen molar-refractivity contribution in [1.29, 1.82) is 0 Å². The first-order valence-corrected chi connectivity index (χ1v) is 7.61. The lowest BCUT2D eigenvalue weighted by molar-refractivity contribution is -0.137. The van der Waals surface area contributed by atoms with E-state index in [0.29, 0.717) is 25.8 Å². The van der Waals surface area contributed by atoms with Crippen LogP contribution in [0, 0.1) is 0 Å². The van der Waals surface area contributed by atoms with Crippen molar-refractivity contribution in [3.05, 3.63) is 0 Å². The van der Waals surface area contributed by atoms with Crippen molar-refractivity contribution in [3.63, 3.8) is 0 Å². The number of amides is 2. The molecule has 0 radical (unpaired) electrons. The van der Waals surface area contributed by atoms with Gasteiger partial charge in [-0.15, -0.1) is 11.8 Å². The van der Waals surface area contributed by atoms with Crippen LogP contribution in [0.1, 0.15) is 25.7 Å². The molecule has 0 aromatic rings. The Morgan fingerprint density at radius 3 is 2.43 bits per heavy atom. The van der Waals surface area contributed by atoms with Crippen LogP contribution in [0.25, 0.3) is 0 Å². The second-order valence-corrected chi connectivity index (χ2v) is 5.11. The van der Waals surface area contributed by atoms with Gasteiger partial charge >= 0.3 is 12.1 Å². The zero-order valence-corrected chi connectivity index (χ0v) is 13.2. The summed E-state index contributed by atoms with van der Waals surface area (Å²) in [5, 5.41) is 14.5. The lowest BCUT2D eigenvalue weighted by Gasteiger charge is -2.09. The predicted molar refractivity (Wildman–Crippen MR) is 80.2 cm³/mol. The van der Waals surface area contributed by atoms with Crippen LogP contribution in [0.3, 0.4) is 0 Å². The number of oxime groups is 1. The highest BCUT2D eigenvalue weighted by Gasteiger charge is 2.14. The summed E-state index contributed by atoms with van der Waals surface area (Å²) in [6, 6.07) is 0. The molecule has 0 saturated heterocycles. The highest BCUT2D eigenvalue weighted by atomic mass is 32.2. The van der Waals surface area contributed by atoms with Crippen LogP contribution in [-0.4, -0.2) is 59.9 Å². The van der Waals surface area contributed by atoms with Gasteiger partial charge in [0.25, 0.3) is 5.91 Å². The van der Waals surface area contributed by atoms with Gasteiger partial charge in [-0.1, -0.05) is 11.6 Å². The van der Waals surface area contributed by atoms with Crippen molar-refractivity contribution >= 4 is 34.8 Å². The number of hydrogen-bond donors (Lipinski definition) is 2. The Labute approximate surface area is 127 Å². The number of aliphatic carboxylic acids is 1. The second-order valence-electron chi connectivity index (χ2n) is 4.31. The molecule has 0 aromatic heterocycles. The highest BCUT2D eigenvalue weighted by molar-refractivity contribution is 8.15. The minimum atomic E-state index is -0.827. The molecule has 2 N–H and O–H groups in total. The van der Waals surface area contributed by atoms with E-state index in [-0.39, 0.29) is 17.4 Å². The number of carboxylic acids is 1. The zero-order chi connectivity index (χ0) is 16.3. The van der Waals surface area contributed by atoms with Gasteiger partial charge in [-0.3, -0.25) is 14.4 Å². The molecule has 2 amide bonds. The minimum Gasteiger partial charge on any atom is -0.481 e. The molecule has 21 heavy (non-hydrogen) atoms. The second kappa shape index (κ2) is 11.0. The number of rotatable bonds is 7. The van der Waals surface area contributed by atoms with Crippen LogP contribution < -0.4 is 5.32 Å². The number of carbonyl (C=O) groups is 3. The van der Waals surface area contributed by atoms with Crippen LogP contribution >= 0.6 is 11.8 Å². The summed E-state index contributed by atoms with van der Waals surface area (Å²) in [6.07, 6.45) is 2.95. The van der Waals surface area contributed by atoms with E-state index in [1.807, 2.05) is 0 Å². The number of carboxylic acid groups (broad SMARTS) is 1. The van der Waals surface area contributed by atoms with Gasteiger partial charge in [0.15, 0.2) is 0 Å². The van der Waals surface area contributed by atoms with Gasteiger partial charge in [0.05, 0.1) is 0 Å². The van der Waals surface area contributed by atoms with Gasteiger partial charge in [0.2, 0.25) is 5.04 Å². The lowest BCUT2D eigenvalue weighted by Crippen LogP contribution is -2.29. The van der Waals surface area contributed by atoms with Crippen molar-refractivity contribution in [2.24, 2.45) is 5.16 Å². The third-order valence-corrected chi connectivity index (χ3v) is 2.97. The molecule has 0 aliphatic rings. The van der Waals surface area contributed by atoms with Crippen LogP contribution in [0.2, 0.25) is 0 Å². The predicted octanol–water partition coefficient (Wildman–Crippen LogP) is 1.12. The first-order chi connectivity index (χ1) is 9.88. The summed E-state index contributed by atoms with van der Waals surface area (Å²) >= 11 is 1.08. The van der Waals surface area contributed by atoms with Gasteiger partial charge in [0, 0.05) is 27.1 Å². The third-order valence-electron chi connectivity index (χ3n) is 2.33. The van der Waals surface area contributed by atoms with Crippen molar-refractivity contribution in [3.8, 4) is 0 Å². The lowest BCUT2D eigenvalue weighted by atomic mass is 10.2. The topological polar surface area (TPSA) is 108 Å². The molecular formula is C12H21N3O5S. The number of carbonyl (C=O) groups excluding carboxylic acids is 2. The third kappa shape index (κ3) is 9.72. The Hall–Kier alpha value is -1.77. The Balaban J connectivity index is 3.93. The fourth-order valence-corrected chi connectivity index (χ4v) is 1.71. The van der Waals surface area contributed by atoms with Crippen LogP contribution in [0.4, 0.5) is 4.79 Å². The van der Waals surface area contributed by atoms with Crippen molar-refractivity contribution < 1.29 is 24.3 Å². The van der Waals surface area contributed by atoms with Gasteiger partial charge in [0.1, 0.15) is 0 Å². The molecule has 120 valence electrons. The molecule has 0 bridgehead atoms. The molecule has 0 aliphatic heterocycles. The maximum atomic E-state index is 11.6. The molecule has 0 saturated carbocycles. The number of nitrogens with one attached hydrogen (secondary N) is 1. The summed E-state index contributed by atoms with van der Waals surface area (Å²) in [5.74, 6) is -1.17. The molecular weight excluding hydrogens is 298 g/mol. The van der Waals surface area contributed by atoms with Crippen LogP contribution in [-0.2, 0) is 14.4 Å². The Morgan fingerprint density at radius 1 is 1.24 bits per heavy atom. The largest absolute Gasteiger partial charge is 0.481 e. The van der Waals surface area contributed by atoms with E-state index in [1.165, 1.54) is 4.90 Å². The van der Waals surface area contributed by atoms with E-state index in [9.17, 15) is 14.4 Å². The number of hydrogen-bond acceptors (Lipinski definition) is 6. The highest BCUT2D eigenvalue weighted by Crippen LogP contribution is 2.02. The summed E-state index contributed by atoms with van der Waals surface area (Å²) in [4.78, 5) is 39.1. The van der Waals surface area contributed by atoms with Gasteiger partial charge in [-0.2, -0.15) is 0 Å². The number of nitrogens with zero attached hydrogens (tertiary/aromatic N) is 2. The smallest absolute Gasteiger partial charge is 0.433 e. The monoisotopic (exact) mass is 319 g/mol. The van der Waals surface area contributed by atoms with Crippen molar-refractivity contribution in [2.45, 2.75) is 25.7 Å². The average molecular weight is 319 g/mol. The van der Waals surface area contributed by atoms with E-state index in [0.717, 1.165) is 11.8 Å². The van der Waals surface area contributed by atoms with E-state index in [2.05, 4.69) is 15.3 Å². The Morgan fingerprint density at radius 2 is 1.90 bits per heavy atom. The molecule has 0 atom stereocenters. The quantitative estimate of drug-likeness (QED) is 0.239. The summed E-state index contributed by atoms with van der Waals surface area (Å²) < 4.78 is 0. The standard InChI is InChI=1S/C12H21N3O5S/c1-15(2)11(18)10(21-3)14-20-12(19)13-8-6-4-5-7-9(16)17/h4-8H2,1-3H3,(H,13,19)(H,16,17)/b14-10-. The maximum absolute atomic E-state index is 11.6. The molecule has 0 fully saturated rings. The molecule has 0 rings (SSSR count). The van der Waals surface area contributed by atoms with E-state index in [4.69, 9.17) is 5.11 Å². The van der Waals surface area contributed by atoms with Crippen molar-refractivity contribution in [2.75, 3.05) is 26.9 Å². The van der Waals surface area contributed by atoms with E-state index >= 15 is 0 Å². The van der Waals surface area contributed by atoms with Crippen LogP contribution in [0.15, 0.2) is 5.16 Å². The minimum absolute atomic E-state index is 0.0802. The molecule has 0 unspecified atom stereocenters. The molecule has 0 aromatic carbocycles. The van der Waals surface area contributed by atoms with E-state index in [1.54, 1.807) is 20.4 Å². The normalized spacial score (nSPS) is 10.9. The van der Waals surface area contributed by atoms with Gasteiger partial charge < -0.3 is 15.3 Å². The fraction of sp³-hybridized carbons (Fsp3) is 0.667. The first kappa shape index (κ1) is 19.2. The summed E-state index contributed by atoms with van der Waals surface area (Å²) in [5.41, 5.74) is 0.